The van der Waals surface area contributed by atoms with E-state index >= 15 is 0 Å². The summed E-state index contributed by atoms with van der Waals surface area (Å²) in [5.74, 6) is -0.146. The lowest BCUT2D eigenvalue weighted by molar-refractivity contribution is -0.126. The third kappa shape index (κ3) is 3.91. The molecular formula is C21H23ClN2O2. The number of benzene rings is 2. The average molecular weight is 371 g/mol. The molecule has 1 atom stereocenters. The Labute approximate surface area is 159 Å². The Kier molecular flexibility index (Phi) is 5.94. The van der Waals surface area contributed by atoms with Crippen molar-refractivity contribution in [1.82, 2.24) is 5.32 Å². The largest absolute Gasteiger partial charge is 0.350 e. The van der Waals surface area contributed by atoms with Crippen LogP contribution in [0, 0.1) is 0 Å². The maximum absolute atomic E-state index is 12.9. The van der Waals surface area contributed by atoms with Crippen LogP contribution in [-0.2, 0) is 22.6 Å². The second-order valence-corrected chi connectivity index (χ2v) is 6.89. The van der Waals surface area contributed by atoms with Crippen LogP contribution in [0.25, 0.3) is 0 Å². The molecule has 136 valence electrons. The fourth-order valence-corrected chi connectivity index (χ4v) is 3.61. The quantitative estimate of drug-likeness (QED) is 0.861. The Morgan fingerprint density at radius 3 is 2.65 bits per heavy atom. The molecule has 0 aliphatic carbocycles. The van der Waals surface area contributed by atoms with Crippen molar-refractivity contribution in [1.29, 1.82) is 0 Å². The van der Waals surface area contributed by atoms with Gasteiger partial charge in [0.1, 0.15) is 6.04 Å². The standard InChI is InChI=1S/C21H23ClN2O2/c1-2-18(21(26)23-14-16-9-3-5-11-17(16)22)24-19-12-6-4-8-15(19)10-7-13-20(24)25/h3-6,8-9,11-12,18H,2,7,10,13-14H2,1H3,(H,23,26)/t18-/m0/s1. The first-order valence-corrected chi connectivity index (χ1v) is 9.40. The van der Waals surface area contributed by atoms with E-state index < -0.39 is 6.04 Å². The fraction of sp³-hybridized carbons (Fsp3) is 0.333. The summed E-state index contributed by atoms with van der Waals surface area (Å²) in [7, 11) is 0. The van der Waals surface area contributed by atoms with E-state index in [9.17, 15) is 9.59 Å². The third-order valence-electron chi connectivity index (χ3n) is 4.77. The lowest BCUT2D eigenvalue weighted by Crippen LogP contribution is -2.49. The predicted octanol–water partition coefficient (Wildman–Crippen LogP) is 4.10. The smallest absolute Gasteiger partial charge is 0.243 e. The van der Waals surface area contributed by atoms with Gasteiger partial charge in [0.2, 0.25) is 11.8 Å². The molecule has 2 amide bonds. The van der Waals surface area contributed by atoms with Gasteiger partial charge in [0.05, 0.1) is 0 Å². The summed E-state index contributed by atoms with van der Waals surface area (Å²) in [5.41, 5.74) is 2.84. The number of nitrogens with zero attached hydrogens (tertiary/aromatic N) is 1. The molecule has 2 aromatic rings. The molecule has 0 unspecified atom stereocenters. The van der Waals surface area contributed by atoms with Crippen LogP contribution >= 0.6 is 11.6 Å². The van der Waals surface area contributed by atoms with Gasteiger partial charge in [0, 0.05) is 23.7 Å². The Morgan fingerprint density at radius 1 is 1.15 bits per heavy atom. The number of para-hydroxylation sites is 1. The maximum Gasteiger partial charge on any atom is 0.243 e. The summed E-state index contributed by atoms with van der Waals surface area (Å²) in [6, 6.07) is 14.8. The number of carbonyl (C=O) groups excluding carboxylic acids is 2. The van der Waals surface area contributed by atoms with E-state index in [2.05, 4.69) is 5.32 Å². The second kappa shape index (κ2) is 8.37. The minimum Gasteiger partial charge on any atom is -0.350 e. The number of hydrogen-bond acceptors (Lipinski definition) is 2. The van der Waals surface area contributed by atoms with Crippen LogP contribution in [-0.4, -0.2) is 17.9 Å². The molecule has 0 radical (unpaired) electrons. The molecule has 4 nitrogen and oxygen atoms in total. The van der Waals surface area contributed by atoms with Gasteiger partial charge in [-0.2, -0.15) is 0 Å². The van der Waals surface area contributed by atoms with Crippen molar-refractivity contribution < 1.29 is 9.59 Å². The molecule has 3 rings (SSSR count). The van der Waals surface area contributed by atoms with Gasteiger partial charge in [-0.25, -0.2) is 0 Å². The van der Waals surface area contributed by atoms with Crippen LogP contribution in [0.4, 0.5) is 5.69 Å². The summed E-state index contributed by atoms with van der Waals surface area (Å²) in [6.07, 6.45) is 2.68. The fourth-order valence-electron chi connectivity index (χ4n) is 3.41. The Hall–Kier alpha value is -2.33. The van der Waals surface area contributed by atoms with Gasteiger partial charge >= 0.3 is 0 Å². The number of aryl methyl sites for hydroxylation is 1. The molecule has 1 heterocycles. The highest BCUT2D eigenvalue weighted by molar-refractivity contribution is 6.31. The first-order valence-electron chi connectivity index (χ1n) is 9.03. The van der Waals surface area contributed by atoms with Crippen molar-refractivity contribution in [3.8, 4) is 0 Å². The zero-order valence-electron chi connectivity index (χ0n) is 14.9. The van der Waals surface area contributed by atoms with E-state index in [0.717, 1.165) is 29.7 Å². The van der Waals surface area contributed by atoms with Crippen molar-refractivity contribution in [2.75, 3.05) is 4.90 Å². The monoisotopic (exact) mass is 370 g/mol. The Bertz CT molecular complexity index is 806. The van der Waals surface area contributed by atoms with Gasteiger partial charge in [-0.3, -0.25) is 14.5 Å². The molecule has 0 bridgehead atoms. The Balaban J connectivity index is 1.82. The van der Waals surface area contributed by atoms with Crippen molar-refractivity contribution >= 4 is 29.1 Å². The number of fused-ring (bicyclic) bond motifs is 1. The summed E-state index contributed by atoms with van der Waals surface area (Å²) >= 11 is 6.17. The molecule has 0 spiro atoms. The van der Waals surface area contributed by atoms with E-state index in [-0.39, 0.29) is 11.8 Å². The first kappa shape index (κ1) is 18.5. The molecule has 5 heteroatoms. The molecule has 0 aromatic heterocycles. The van der Waals surface area contributed by atoms with Crippen molar-refractivity contribution in [3.63, 3.8) is 0 Å². The number of carbonyl (C=O) groups is 2. The maximum atomic E-state index is 12.9. The number of halogens is 1. The predicted molar refractivity (Wildman–Crippen MR) is 104 cm³/mol. The highest BCUT2D eigenvalue weighted by Gasteiger charge is 2.32. The lowest BCUT2D eigenvalue weighted by atomic mass is 10.1. The molecule has 0 fully saturated rings. The minimum atomic E-state index is -0.524. The topological polar surface area (TPSA) is 49.4 Å². The van der Waals surface area contributed by atoms with Crippen molar-refractivity contribution in [3.05, 3.63) is 64.7 Å². The van der Waals surface area contributed by atoms with E-state index in [0.29, 0.717) is 24.4 Å². The number of nitrogens with one attached hydrogen (secondary N) is 1. The molecule has 0 saturated heterocycles. The molecule has 1 aliphatic heterocycles. The van der Waals surface area contributed by atoms with E-state index in [1.54, 1.807) is 11.0 Å². The van der Waals surface area contributed by atoms with Gasteiger partial charge in [0.15, 0.2) is 0 Å². The first-order chi connectivity index (χ1) is 12.6. The van der Waals surface area contributed by atoms with Gasteiger partial charge in [0.25, 0.3) is 0 Å². The highest BCUT2D eigenvalue weighted by Crippen LogP contribution is 2.29. The van der Waals surface area contributed by atoms with E-state index in [1.165, 1.54) is 0 Å². The van der Waals surface area contributed by atoms with Crippen molar-refractivity contribution in [2.24, 2.45) is 0 Å². The molecule has 2 aromatic carbocycles. The molecule has 1 N–H and O–H groups in total. The van der Waals surface area contributed by atoms with Crippen LogP contribution in [0.15, 0.2) is 48.5 Å². The number of amides is 2. The van der Waals surface area contributed by atoms with Gasteiger partial charge in [-0.1, -0.05) is 54.9 Å². The van der Waals surface area contributed by atoms with Crippen LogP contribution in [0.3, 0.4) is 0 Å². The van der Waals surface area contributed by atoms with Crippen LogP contribution in [0.5, 0.6) is 0 Å². The van der Waals surface area contributed by atoms with Gasteiger partial charge in [-0.15, -0.1) is 0 Å². The molecule has 26 heavy (non-hydrogen) atoms. The van der Waals surface area contributed by atoms with Crippen LogP contribution in [0.1, 0.15) is 37.3 Å². The second-order valence-electron chi connectivity index (χ2n) is 6.48. The Morgan fingerprint density at radius 2 is 1.88 bits per heavy atom. The molecule has 1 aliphatic rings. The summed E-state index contributed by atoms with van der Waals surface area (Å²) in [6.45, 7) is 2.28. The zero-order chi connectivity index (χ0) is 18.5. The third-order valence-corrected chi connectivity index (χ3v) is 5.14. The van der Waals surface area contributed by atoms with Gasteiger partial charge in [-0.05, 0) is 42.5 Å². The summed E-state index contributed by atoms with van der Waals surface area (Å²) in [4.78, 5) is 27.3. The van der Waals surface area contributed by atoms with Crippen molar-refractivity contribution in [2.45, 2.75) is 45.2 Å². The normalized spacial score (nSPS) is 15.2. The van der Waals surface area contributed by atoms with Gasteiger partial charge < -0.3 is 5.32 Å². The number of anilines is 1. The van der Waals surface area contributed by atoms with Crippen LogP contribution < -0.4 is 10.2 Å². The molecule has 0 saturated carbocycles. The highest BCUT2D eigenvalue weighted by atomic mass is 35.5. The molecular weight excluding hydrogens is 348 g/mol. The number of hydrogen-bond donors (Lipinski definition) is 1. The zero-order valence-corrected chi connectivity index (χ0v) is 15.6. The van der Waals surface area contributed by atoms with Crippen LogP contribution in [0.2, 0.25) is 5.02 Å². The summed E-state index contributed by atoms with van der Waals surface area (Å²) < 4.78 is 0. The average Bonchev–Trinajstić information content (AvgIpc) is 2.81. The van der Waals surface area contributed by atoms with E-state index in [4.69, 9.17) is 11.6 Å². The summed E-state index contributed by atoms with van der Waals surface area (Å²) in [5, 5.41) is 3.56. The number of rotatable bonds is 5. The SMILES string of the molecule is CC[C@@H](C(=O)NCc1ccccc1Cl)N1C(=O)CCCc2ccccc21. The lowest BCUT2D eigenvalue weighted by Gasteiger charge is -2.30. The van der Waals surface area contributed by atoms with E-state index in [1.807, 2.05) is 49.4 Å². The minimum absolute atomic E-state index is 0.00898.